The van der Waals surface area contributed by atoms with Crippen LogP contribution in [-0.4, -0.2) is 11.6 Å². The number of ketones is 2. The Morgan fingerprint density at radius 3 is 1.43 bits per heavy atom. The van der Waals surface area contributed by atoms with E-state index in [9.17, 15) is 9.59 Å². The third-order valence-electron chi connectivity index (χ3n) is 3.45. The highest BCUT2D eigenvalue weighted by atomic mass is 16.1. The van der Waals surface area contributed by atoms with Gasteiger partial charge in [0.15, 0.2) is 11.6 Å². The highest BCUT2D eigenvalue weighted by molar-refractivity contribution is 6.00. The standard InChI is InChI=1S/C19H20O2/c1-13(20)14-5-7-15(8-6-14)16-9-11-17(12-10-16)18(21)19(2,3)4/h5-12H,1-4H3. The van der Waals surface area contributed by atoms with E-state index in [1.165, 1.54) is 0 Å². The molecule has 2 rings (SSSR count). The van der Waals surface area contributed by atoms with E-state index in [4.69, 9.17) is 0 Å². The lowest BCUT2D eigenvalue weighted by Crippen LogP contribution is -2.19. The highest BCUT2D eigenvalue weighted by Gasteiger charge is 2.22. The van der Waals surface area contributed by atoms with Gasteiger partial charge in [-0.3, -0.25) is 9.59 Å². The van der Waals surface area contributed by atoms with Crippen molar-refractivity contribution in [3.05, 3.63) is 59.7 Å². The van der Waals surface area contributed by atoms with Crippen LogP contribution in [0.25, 0.3) is 11.1 Å². The predicted octanol–water partition coefficient (Wildman–Crippen LogP) is 4.79. The maximum atomic E-state index is 12.2. The van der Waals surface area contributed by atoms with Gasteiger partial charge in [-0.2, -0.15) is 0 Å². The van der Waals surface area contributed by atoms with Crippen LogP contribution >= 0.6 is 0 Å². The van der Waals surface area contributed by atoms with E-state index in [2.05, 4.69) is 0 Å². The first kappa shape index (κ1) is 15.2. The Morgan fingerprint density at radius 2 is 1.10 bits per heavy atom. The fourth-order valence-electron chi connectivity index (χ4n) is 2.14. The molecule has 0 aliphatic carbocycles. The summed E-state index contributed by atoms with van der Waals surface area (Å²) >= 11 is 0. The van der Waals surface area contributed by atoms with Gasteiger partial charge in [0, 0.05) is 16.5 Å². The summed E-state index contributed by atoms with van der Waals surface area (Å²) in [6.07, 6.45) is 0. The molecule has 2 heteroatoms. The lowest BCUT2D eigenvalue weighted by atomic mass is 9.86. The van der Waals surface area contributed by atoms with Crippen molar-refractivity contribution in [3.63, 3.8) is 0 Å². The van der Waals surface area contributed by atoms with Crippen LogP contribution in [0.2, 0.25) is 0 Å². The van der Waals surface area contributed by atoms with Gasteiger partial charge >= 0.3 is 0 Å². The lowest BCUT2D eigenvalue weighted by molar-refractivity contribution is 0.0858. The highest BCUT2D eigenvalue weighted by Crippen LogP contribution is 2.24. The fourth-order valence-corrected chi connectivity index (χ4v) is 2.14. The molecule has 0 fully saturated rings. The zero-order valence-electron chi connectivity index (χ0n) is 12.9. The number of hydrogen-bond donors (Lipinski definition) is 0. The van der Waals surface area contributed by atoms with E-state index in [-0.39, 0.29) is 17.0 Å². The van der Waals surface area contributed by atoms with Gasteiger partial charge < -0.3 is 0 Å². The Labute approximate surface area is 125 Å². The van der Waals surface area contributed by atoms with Crippen molar-refractivity contribution in [2.24, 2.45) is 5.41 Å². The molecule has 108 valence electrons. The van der Waals surface area contributed by atoms with Crippen LogP contribution in [0.5, 0.6) is 0 Å². The number of Topliss-reactive ketones (excluding diaryl/α,β-unsaturated/α-hetero) is 2. The number of rotatable bonds is 3. The summed E-state index contributed by atoms with van der Waals surface area (Å²) in [6.45, 7) is 7.32. The van der Waals surface area contributed by atoms with Crippen LogP contribution in [0.1, 0.15) is 48.4 Å². The van der Waals surface area contributed by atoms with Crippen molar-refractivity contribution in [1.29, 1.82) is 0 Å². The van der Waals surface area contributed by atoms with Crippen LogP contribution in [-0.2, 0) is 0 Å². The summed E-state index contributed by atoms with van der Waals surface area (Å²) in [4.78, 5) is 23.5. The van der Waals surface area contributed by atoms with E-state index in [0.717, 1.165) is 16.7 Å². The van der Waals surface area contributed by atoms with Gasteiger partial charge in [-0.1, -0.05) is 69.3 Å². The molecule has 0 saturated carbocycles. The molecule has 0 unspecified atom stereocenters. The third kappa shape index (κ3) is 3.46. The van der Waals surface area contributed by atoms with Crippen LogP contribution in [0.3, 0.4) is 0 Å². The molecule has 0 saturated heterocycles. The molecule has 0 aliphatic heterocycles. The minimum Gasteiger partial charge on any atom is -0.295 e. The number of carbonyl (C=O) groups is 2. The minimum absolute atomic E-state index is 0.0627. The first-order valence-electron chi connectivity index (χ1n) is 7.05. The van der Waals surface area contributed by atoms with Gasteiger partial charge in [0.25, 0.3) is 0 Å². The van der Waals surface area contributed by atoms with E-state index in [1.54, 1.807) is 6.92 Å². The molecule has 0 aromatic heterocycles. The molecule has 0 radical (unpaired) electrons. The summed E-state index contributed by atoms with van der Waals surface area (Å²) in [7, 11) is 0. The summed E-state index contributed by atoms with van der Waals surface area (Å²) in [6, 6.07) is 15.1. The van der Waals surface area contributed by atoms with Crippen molar-refractivity contribution in [3.8, 4) is 11.1 Å². The molecule has 2 aromatic rings. The normalized spacial score (nSPS) is 11.2. The molecule has 0 aliphatic rings. The van der Waals surface area contributed by atoms with Crippen LogP contribution in [0, 0.1) is 5.41 Å². The zero-order chi connectivity index (χ0) is 15.6. The average molecular weight is 280 g/mol. The first-order valence-corrected chi connectivity index (χ1v) is 7.05. The van der Waals surface area contributed by atoms with Gasteiger partial charge in [-0.25, -0.2) is 0 Å². The maximum Gasteiger partial charge on any atom is 0.168 e. The fraction of sp³-hybridized carbons (Fsp3) is 0.263. The number of benzene rings is 2. The van der Waals surface area contributed by atoms with Gasteiger partial charge in [-0.05, 0) is 18.1 Å². The Kier molecular flexibility index (Phi) is 4.08. The van der Waals surface area contributed by atoms with Gasteiger partial charge in [0.1, 0.15) is 0 Å². The molecule has 0 bridgehead atoms. The van der Waals surface area contributed by atoms with Crippen molar-refractivity contribution in [1.82, 2.24) is 0 Å². The monoisotopic (exact) mass is 280 g/mol. The molecule has 0 heterocycles. The minimum atomic E-state index is -0.370. The zero-order valence-corrected chi connectivity index (χ0v) is 12.9. The second-order valence-corrected chi connectivity index (χ2v) is 6.29. The molecular formula is C19H20O2. The molecule has 2 aromatic carbocycles. The summed E-state index contributed by atoms with van der Waals surface area (Å²) < 4.78 is 0. The van der Waals surface area contributed by atoms with E-state index in [1.807, 2.05) is 69.3 Å². The SMILES string of the molecule is CC(=O)c1ccc(-c2ccc(C(=O)C(C)(C)C)cc2)cc1. The Bertz CT molecular complexity index is 656. The van der Waals surface area contributed by atoms with E-state index < -0.39 is 0 Å². The molecule has 21 heavy (non-hydrogen) atoms. The second-order valence-electron chi connectivity index (χ2n) is 6.29. The Morgan fingerprint density at radius 1 is 0.714 bits per heavy atom. The molecule has 0 atom stereocenters. The Hall–Kier alpha value is -2.22. The smallest absolute Gasteiger partial charge is 0.168 e. The van der Waals surface area contributed by atoms with Crippen LogP contribution in [0.15, 0.2) is 48.5 Å². The molecule has 0 spiro atoms. The van der Waals surface area contributed by atoms with E-state index in [0.29, 0.717) is 5.56 Å². The number of hydrogen-bond acceptors (Lipinski definition) is 2. The topological polar surface area (TPSA) is 34.1 Å². The van der Waals surface area contributed by atoms with Gasteiger partial charge in [-0.15, -0.1) is 0 Å². The van der Waals surface area contributed by atoms with E-state index >= 15 is 0 Å². The van der Waals surface area contributed by atoms with Gasteiger partial charge in [0.05, 0.1) is 0 Å². The molecule has 0 N–H and O–H groups in total. The third-order valence-corrected chi connectivity index (χ3v) is 3.45. The first-order chi connectivity index (χ1) is 9.79. The number of carbonyl (C=O) groups excluding carboxylic acids is 2. The molecular weight excluding hydrogens is 260 g/mol. The quantitative estimate of drug-likeness (QED) is 0.758. The molecule has 0 amide bonds. The van der Waals surface area contributed by atoms with Crippen LogP contribution in [0.4, 0.5) is 0 Å². The van der Waals surface area contributed by atoms with Gasteiger partial charge in [0.2, 0.25) is 0 Å². The van der Waals surface area contributed by atoms with Crippen molar-refractivity contribution < 1.29 is 9.59 Å². The summed E-state index contributed by atoms with van der Waals surface area (Å²) in [5, 5.41) is 0. The van der Waals surface area contributed by atoms with Crippen molar-refractivity contribution in [2.75, 3.05) is 0 Å². The van der Waals surface area contributed by atoms with Crippen molar-refractivity contribution in [2.45, 2.75) is 27.7 Å². The largest absolute Gasteiger partial charge is 0.295 e. The second kappa shape index (κ2) is 5.65. The molecule has 2 nitrogen and oxygen atoms in total. The van der Waals surface area contributed by atoms with Crippen molar-refractivity contribution >= 4 is 11.6 Å². The lowest BCUT2D eigenvalue weighted by Gasteiger charge is -2.16. The van der Waals surface area contributed by atoms with Crippen LogP contribution < -0.4 is 0 Å². The summed E-state index contributed by atoms with van der Waals surface area (Å²) in [5.41, 5.74) is 3.14. The average Bonchev–Trinajstić information content (AvgIpc) is 2.46. The summed E-state index contributed by atoms with van der Waals surface area (Å²) in [5.74, 6) is 0.202. The maximum absolute atomic E-state index is 12.2. The Balaban J connectivity index is 2.27. The predicted molar refractivity (Wildman–Crippen MR) is 85.7 cm³/mol.